The number of nitrogens with one attached hydrogen (secondary N) is 2. The Kier molecular flexibility index (Phi) is 5.97. The molecule has 1 atom stereocenters. The van der Waals surface area contributed by atoms with Crippen LogP contribution in [0.3, 0.4) is 0 Å². The molecule has 2 heterocycles. The van der Waals surface area contributed by atoms with E-state index < -0.39 is 0 Å². The van der Waals surface area contributed by atoms with Crippen LogP contribution in [0.4, 0.5) is 5.69 Å². The van der Waals surface area contributed by atoms with Gasteiger partial charge in [0.2, 0.25) is 5.91 Å². The van der Waals surface area contributed by atoms with E-state index in [0.717, 1.165) is 35.0 Å². The van der Waals surface area contributed by atoms with E-state index in [4.69, 9.17) is 16.6 Å². The molecule has 0 saturated carbocycles. The molecule has 31 heavy (non-hydrogen) atoms. The molecule has 0 spiro atoms. The summed E-state index contributed by atoms with van der Waals surface area (Å²) in [6, 6.07) is 5.43. The van der Waals surface area contributed by atoms with Crippen LogP contribution in [0.5, 0.6) is 0 Å². The molecule has 1 amide bonds. The standard InChI is InChI=1S/C24H28ClN3O2S/c1-13-5-7-15(12-17(13)25)26-20(29)10-9-19-27-22(30)21-16-8-6-14(24(2,3)4)11-18(16)31-23(21)28-19/h5,7,12,14H,6,8-11H2,1-4H3,(H,26,29)(H,27,28,30)/t14-/m1/s1. The molecule has 7 heteroatoms. The number of aromatic amines is 1. The van der Waals surface area contributed by atoms with Gasteiger partial charge in [-0.05, 0) is 60.8 Å². The second-order valence-corrected chi connectivity index (χ2v) is 11.0. The number of aryl methyl sites for hydroxylation is 3. The highest BCUT2D eigenvalue weighted by Gasteiger charge is 2.31. The molecule has 0 aliphatic heterocycles. The van der Waals surface area contributed by atoms with Gasteiger partial charge in [-0.15, -0.1) is 11.3 Å². The fraction of sp³-hybridized carbons (Fsp3) is 0.458. The predicted octanol–water partition coefficient (Wildman–Crippen LogP) is 5.67. The van der Waals surface area contributed by atoms with Gasteiger partial charge >= 0.3 is 0 Å². The Balaban J connectivity index is 1.48. The van der Waals surface area contributed by atoms with Gasteiger partial charge in [-0.3, -0.25) is 9.59 Å². The van der Waals surface area contributed by atoms with Crippen molar-refractivity contribution >= 4 is 44.7 Å². The third-order valence-electron chi connectivity index (χ3n) is 6.24. The zero-order chi connectivity index (χ0) is 22.3. The van der Waals surface area contributed by atoms with E-state index in [0.29, 0.717) is 28.9 Å². The first kappa shape index (κ1) is 22.0. The summed E-state index contributed by atoms with van der Waals surface area (Å²) in [5.41, 5.74) is 2.97. The van der Waals surface area contributed by atoms with E-state index in [9.17, 15) is 9.59 Å². The molecule has 0 unspecified atom stereocenters. The highest BCUT2D eigenvalue weighted by molar-refractivity contribution is 7.18. The molecule has 0 radical (unpaired) electrons. The number of benzene rings is 1. The number of H-pyrrole nitrogens is 1. The number of hydrogen-bond donors (Lipinski definition) is 2. The molecular formula is C24H28ClN3O2S. The van der Waals surface area contributed by atoms with Crippen LogP contribution in [0.15, 0.2) is 23.0 Å². The maximum Gasteiger partial charge on any atom is 0.259 e. The van der Waals surface area contributed by atoms with E-state index >= 15 is 0 Å². The molecule has 0 bridgehead atoms. The van der Waals surface area contributed by atoms with Crippen molar-refractivity contribution in [3.05, 3.63) is 55.4 Å². The summed E-state index contributed by atoms with van der Waals surface area (Å²) in [4.78, 5) is 34.8. The maximum absolute atomic E-state index is 12.8. The van der Waals surface area contributed by atoms with Crippen LogP contribution >= 0.6 is 22.9 Å². The minimum absolute atomic E-state index is 0.0857. The Morgan fingerprint density at radius 3 is 2.84 bits per heavy atom. The summed E-state index contributed by atoms with van der Waals surface area (Å²) in [6.45, 7) is 8.77. The van der Waals surface area contributed by atoms with Gasteiger partial charge in [-0.1, -0.05) is 38.4 Å². The average Bonchev–Trinajstić information content (AvgIpc) is 3.06. The smallest absolute Gasteiger partial charge is 0.259 e. The number of aromatic nitrogens is 2. The molecule has 2 aromatic heterocycles. The summed E-state index contributed by atoms with van der Waals surface area (Å²) in [5, 5.41) is 4.21. The van der Waals surface area contributed by atoms with Crippen molar-refractivity contribution in [2.45, 2.75) is 59.8 Å². The summed E-state index contributed by atoms with van der Waals surface area (Å²) < 4.78 is 0. The van der Waals surface area contributed by atoms with E-state index in [1.54, 1.807) is 17.4 Å². The van der Waals surface area contributed by atoms with Gasteiger partial charge in [0.1, 0.15) is 10.7 Å². The van der Waals surface area contributed by atoms with Crippen molar-refractivity contribution < 1.29 is 4.79 Å². The van der Waals surface area contributed by atoms with E-state index in [-0.39, 0.29) is 23.3 Å². The lowest BCUT2D eigenvalue weighted by Gasteiger charge is -2.33. The second kappa shape index (κ2) is 8.40. The molecule has 4 rings (SSSR count). The normalized spacial score (nSPS) is 16.4. The fourth-order valence-electron chi connectivity index (χ4n) is 4.21. The van der Waals surface area contributed by atoms with E-state index in [1.165, 1.54) is 10.4 Å². The molecule has 0 saturated heterocycles. The zero-order valence-electron chi connectivity index (χ0n) is 18.4. The highest BCUT2D eigenvalue weighted by Crippen LogP contribution is 2.42. The van der Waals surface area contributed by atoms with Crippen molar-refractivity contribution in [1.82, 2.24) is 9.97 Å². The number of fused-ring (bicyclic) bond motifs is 3. The second-order valence-electron chi connectivity index (χ2n) is 9.51. The number of thiophene rings is 1. The van der Waals surface area contributed by atoms with Gasteiger partial charge in [-0.2, -0.15) is 0 Å². The molecule has 5 nitrogen and oxygen atoms in total. The van der Waals surface area contributed by atoms with Gasteiger partial charge in [0, 0.05) is 28.4 Å². The molecule has 1 aliphatic carbocycles. The lowest BCUT2D eigenvalue weighted by atomic mass is 9.72. The molecular weight excluding hydrogens is 430 g/mol. The first-order valence-corrected chi connectivity index (χ1v) is 11.9. The average molecular weight is 458 g/mol. The summed E-state index contributed by atoms with van der Waals surface area (Å²) in [7, 11) is 0. The van der Waals surface area contributed by atoms with Crippen LogP contribution in [0.2, 0.25) is 5.02 Å². The Morgan fingerprint density at radius 1 is 1.35 bits per heavy atom. The zero-order valence-corrected chi connectivity index (χ0v) is 20.0. The maximum atomic E-state index is 12.8. The van der Waals surface area contributed by atoms with Crippen LogP contribution in [0.25, 0.3) is 10.2 Å². The van der Waals surface area contributed by atoms with Crippen LogP contribution in [-0.4, -0.2) is 15.9 Å². The van der Waals surface area contributed by atoms with Gasteiger partial charge < -0.3 is 10.3 Å². The largest absolute Gasteiger partial charge is 0.326 e. The van der Waals surface area contributed by atoms with Crippen LogP contribution < -0.4 is 10.9 Å². The summed E-state index contributed by atoms with van der Waals surface area (Å²) in [6.07, 6.45) is 3.66. The van der Waals surface area contributed by atoms with Crippen molar-refractivity contribution in [2.75, 3.05) is 5.32 Å². The number of amides is 1. The number of nitrogens with zero attached hydrogens (tertiary/aromatic N) is 1. The third kappa shape index (κ3) is 4.70. The molecule has 2 N–H and O–H groups in total. The van der Waals surface area contributed by atoms with Crippen LogP contribution in [0.1, 0.15) is 55.4 Å². The van der Waals surface area contributed by atoms with Crippen molar-refractivity contribution in [3.63, 3.8) is 0 Å². The SMILES string of the molecule is Cc1ccc(NC(=O)CCc2nc3sc4c(c3c(=O)[nH]2)CC[C@@H](C(C)(C)C)C4)cc1Cl. The molecule has 164 valence electrons. The molecule has 1 aliphatic rings. The first-order valence-electron chi connectivity index (χ1n) is 10.7. The first-order chi connectivity index (χ1) is 14.6. The Labute approximate surface area is 191 Å². The van der Waals surface area contributed by atoms with Crippen molar-refractivity contribution in [2.24, 2.45) is 11.3 Å². The monoisotopic (exact) mass is 457 g/mol. The number of carbonyl (C=O) groups excluding carboxylic acids is 1. The lowest BCUT2D eigenvalue weighted by molar-refractivity contribution is -0.116. The summed E-state index contributed by atoms with van der Waals surface area (Å²) in [5.74, 6) is 1.03. The number of hydrogen-bond acceptors (Lipinski definition) is 4. The Bertz CT molecular complexity index is 1210. The minimum Gasteiger partial charge on any atom is -0.326 e. The van der Waals surface area contributed by atoms with Crippen LogP contribution in [-0.2, 0) is 24.1 Å². The van der Waals surface area contributed by atoms with Crippen molar-refractivity contribution in [1.29, 1.82) is 0 Å². The van der Waals surface area contributed by atoms with Gasteiger partial charge in [0.25, 0.3) is 5.56 Å². The number of halogens is 1. The van der Waals surface area contributed by atoms with Gasteiger partial charge in [0.15, 0.2) is 0 Å². The topological polar surface area (TPSA) is 74.8 Å². The highest BCUT2D eigenvalue weighted by atomic mass is 35.5. The predicted molar refractivity (Wildman–Crippen MR) is 128 cm³/mol. The lowest BCUT2D eigenvalue weighted by Crippen LogP contribution is -2.26. The molecule has 1 aromatic carbocycles. The summed E-state index contributed by atoms with van der Waals surface area (Å²) >= 11 is 7.76. The van der Waals surface area contributed by atoms with E-state index in [1.807, 2.05) is 19.1 Å². The third-order valence-corrected chi connectivity index (χ3v) is 7.79. The quantitative estimate of drug-likeness (QED) is 0.530. The number of carbonyl (C=O) groups is 1. The Morgan fingerprint density at radius 2 is 2.13 bits per heavy atom. The fourth-order valence-corrected chi connectivity index (χ4v) is 5.71. The minimum atomic E-state index is -0.138. The molecule has 0 fully saturated rings. The number of anilines is 1. The Hall–Kier alpha value is -2.18. The van der Waals surface area contributed by atoms with E-state index in [2.05, 4.69) is 31.1 Å². The van der Waals surface area contributed by atoms with Gasteiger partial charge in [-0.25, -0.2) is 4.98 Å². The van der Waals surface area contributed by atoms with Gasteiger partial charge in [0.05, 0.1) is 5.39 Å². The molecule has 3 aromatic rings. The number of rotatable bonds is 4. The van der Waals surface area contributed by atoms with Crippen LogP contribution in [0, 0.1) is 18.3 Å². The van der Waals surface area contributed by atoms with Crippen molar-refractivity contribution in [3.8, 4) is 0 Å².